The maximum absolute atomic E-state index is 12.9. The van der Waals surface area contributed by atoms with Gasteiger partial charge >= 0.3 is 0 Å². The van der Waals surface area contributed by atoms with Crippen molar-refractivity contribution in [2.75, 3.05) is 50.0 Å². The summed E-state index contributed by atoms with van der Waals surface area (Å²) in [6.45, 7) is 9.14. The molecule has 9 nitrogen and oxygen atoms in total. The summed E-state index contributed by atoms with van der Waals surface area (Å²) in [7, 11) is 0. The van der Waals surface area contributed by atoms with E-state index in [-0.39, 0.29) is 5.91 Å². The molecule has 1 fully saturated rings. The molecule has 3 aromatic rings. The van der Waals surface area contributed by atoms with Gasteiger partial charge in [-0.2, -0.15) is 0 Å². The van der Waals surface area contributed by atoms with Crippen molar-refractivity contribution >= 4 is 45.5 Å². The molecular formula is C22H26ClN7O2S. The fraction of sp³-hybridized carbons (Fsp3) is 0.364. The van der Waals surface area contributed by atoms with Crippen LogP contribution in [0.25, 0.3) is 0 Å². The highest BCUT2D eigenvalue weighted by Crippen LogP contribution is 2.30. The summed E-state index contributed by atoms with van der Waals surface area (Å²) >= 11 is 7.21. The Kier molecular flexibility index (Phi) is 7.71. The van der Waals surface area contributed by atoms with Crippen molar-refractivity contribution in [2.24, 2.45) is 0 Å². The molecule has 0 unspecified atom stereocenters. The number of anilines is 3. The smallest absolute Gasteiger partial charge is 0.267 e. The van der Waals surface area contributed by atoms with Gasteiger partial charge in [-0.05, 0) is 25.5 Å². The lowest BCUT2D eigenvalue weighted by Crippen LogP contribution is -2.44. The number of carbonyl (C=O) groups excluding carboxylic acids is 1. The molecule has 4 rings (SSSR count). The number of amides is 1. The van der Waals surface area contributed by atoms with Crippen LogP contribution in [0, 0.1) is 13.8 Å². The van der Waals surface area contributed by atoms with Gasteiger partial charge in [-0.1, -0.05) is 35.1 Å². The molecule has 1 saturated heterocycles. The fourth-order valence-corrected chi connectivity index (χ4v) is 4.40. The zero-order chi connectivity index (χ0) is 23.2. The van der Waals surface area contributed by atoms with Crippen molar-refractivity contribution < 1.29 is 9.53 Å². The van der Waals surface area contributed by atoms with Crippen LogP contribution in [0.15, 0.2) is 30.5 Å². The largest absolute Gasteiger partial charge is 0.490 e. The Morgan fingerprint density at radius 3 is 2.88 bits per heavy atom. The van der Waals surface area contributed by atoms with Crippen LogP contribution in [0.4, 0.5) is 16.6 Å². The quantitative estimate of drug-likeness (QED) is 0.415. The summed E-state index contributed by atoms with van der Waals surface area (Å²) in [5, 5.41) is 10.3. The minimum absolute atomic E-state index is 0.251. The van der Waals surface area contributed by atoms with Gasteiger partial charge in [0, 0.05) is 38.8 Å². The number of aryl methyl sites for hydroxylation is 2. The van der Waals surface area contributed by atoms with Gasteiger partial charge in [-0.15, -0.1) is 0 Å². The molecule has 1 aromatic carbocycles. The van der Waals surface area contributed by atoms with E-state index in [1.807, 2.05) is 25.1 Å². The number of halogens is 1. The molecule has 1 amide bonds. The van der Waals surface area contributed by atoms with Gasteiger partial charge < -0.3 is 20.7 Å². The van der Waals surface area contributed by atoms with Crippen LogP contribution >= 0.6 is 22.9 Å². The normalized spacial score (nSPS) is 14.2. The first-order valence-corrected chi connectivity index (χ1v) is 11.9. The zero-order valence-corrected chi connectivity index (χ0v) is 20.1. The third-order valence-electron chi connectivity index (χ3n) is 5.12. The van der Waals surface area contributed by atoms with Crippen LogP contribution in [0.1, 0.15) is 21.1 Å². The van der Waals surface area contributed by atoms with Crippen LogP contribution in [0.2, 0.25) is 5.15 Å². The van der Waals surface area contributed by atoms with Crippen LogP contribution in [0.5, 0.6) is 5.75 Å². The molecule has 1 aliphatic rings. The number of nitrogens with zero attached hydrogens (tertiary/aromatic N) is 4. The molecule has 33 heavy (non-hydrogen) atoms. The number of rotatable bonds is 8. The first-order chi connectivity index (χ1) is 16.0. The molecule has 0 atom stereocenters. The summed E-state index contributed by atoms with van der Waals surface area (Å²) in [5.41, 5.74) is 1.60. The van der Waals surface area contributed by atoms with Gasteiger partial charge in [0.1, 0.15) is 34.0 Å². The van der Waals surface area contributed by atoms with Crippen molar-refractivity contribution in [3.8, 4) is 5.75 Å². The molecule has 0 spiro atoms. The number of hydrogen-bond acceptors (Lipinski definition) is 9. The zero-order valence-electron chi connectivity index (χ0n) is 18.5. The lowest BCUT2D eigenvalue weighted by atomic mass is 10.2. The number of nitrogens with one attached hydrogen (secondary N) is 3. The summed E-state index contributed by atoms with van der Waals surface area (Å²) < 4.78 is 6.04. The number of ether oxygens (including phenoxy) is 1. The third kappa shape index (κ3) is 6.38. The van der Waals surface area contributed by atoms with E-state index in [0.717, 1.165) is 38.3 Å². The number of carbonyl (C=O) groups is 1. The Hall–Kier alpha value is -2.79. The van der Waals surface area contributed by atoms with Crippen molar-refractivity contribution in [3.63, 3.8) is 0 Å². The lowest BCUT2D eigenvalue weighted by molar-refractivity contribution is 0.102. The Balaban J connectivity index is 1.39. The van der Waals surface area contributed by atoms with E-state index in [1.54, 1.807) is 13.0 Å². The molecule has 0 aliphatic carbocycles. The van der Waals surface area contributed by atoms with Crippen molar-refractivity contribution in [1.82, 2.24) is 25.2 Å². The van der Waals surface area contributed by atoms with E-state index in [1.165, 1.54) is 17.5 Å². The fourth-order valence-electron chi connectivity index (χ4n) is 3.46. The average molecular weight is 488 g/mol. The second-order valence-electron chi connectivity index (χ2n) is 7.62. The average Bonchev–Trinajstić information content (AvgIpc) is 3.24. The molecule has 11 heteroatoms. The molecule has 3 N–H and O–H groups in total. The molecule has 174 valence electrons. The molecule has 0 radical (unpaired) electrons. The van der Waals surface area contributed by atoms with Crippen LogP contribution in [-0.2, 0) is 0 Å². The summed E-state index contributed by atoms with van der Waals surface area (Å²) in [5.74, 6) is 1.47. The maximum Gasteiger partial charge on any atom is 0.267 e. The minimum Gasteiger partial charge on any atom is -0.490 e. The van der Waals surface area contributed by atoms with E-state index in [9.17, 15) is 4.79 Å². The number of aromatic nitrogens is 3. The number of piperazine rings is 1. The van der Waals surface area contributed by atoms with Gasteiger partial charge in [0.15, 0.2) is 5.13 Å². The topological polar surface area (TPSA) is 104 Å². The number of hydrogen-bond donors (Lipinski definition) is 3. The van der Waals surface area contributed by atoms with Gasteiger partial charge in [0.25, 0.3) is 5.91 Å². The minimum atomic E-state index is -0.251. The molecule has 1 aliphatic heterocycles. The van der Waals surface area contributed by atoms with Gasteiger partial charge in [-0.3, -0.25) is 9.69 Å². The van der Waals surface area contributed by atoms with Gasteiger partial charge in [0.05, 0.1) is 11.9 Å². The first kappa shape index (κ1) is 23.4. The third-order valence-corrected chi connectivity index (χ3v) is 6.22. The number of para-hydroxylation sites is 1. The monoisotopic (exact) mass is 487 g/mol. The second-order valence-corrected chi connectivity index (χ2v) is 9.04. The number of benzene rings is 1. The van der Waals surface area contributed by atoms with Gasteiger partial charge in [-0.25, -0.2) is 15.0 Å². The highest BCUT2D eigenvalue weighted by atomic mass is 35.5. The lowest BCUT2D eigenvalue weighted by Gasteiger charge is -2.27. The second kappa shape index (κ2) is 10.9. The molecule has 2 aromatic heterocycles. The van der Waals surface area contributed by atoms with Crippen LogP contribution in [-0.4, -0.2) is 65.1 Å². The summed E-state index contributed by atoms with van der Waals surface area (Å²) in [4.78, 5) is 28.3. The van der Waals surface area contributed by atoms with Crippen LogP contribution in [0.3, 0.4) is 0 Å². The standard InChI is InChI=1S/C22H26ClN7O2S/c1-14-4-3-5-16(32-11-10-30-8-6-24-7-9-30)20(14)29-21(31)17-13-25-22(33-17)28-19-12-18(23)26-15(2)27-19/h3-5,12-13,24H,6-11H2,1-2H3,(H,29,31)(H,25,26,27,28). The molecular weight excluding hydrogens is 462 g/mol. The van der Waals surface area contributed by atoms with Crippen molar-refractivity contribution in [1.29, 1.82) is 0 Å². The van der Waals surface area contributed by atoms with Crippen molar-refractivity contribution in [2.45, 2.75) is 13.8 Å². The predicted octanol–water partition coefficient (Wildman–Crippen LogP) is 3.48. The molecule has 0 bridgehead atoms. The van der Waals surface area contributed by atoms with Crippen LogP contribution < -0.4 is 20.7 Å². The molecule has 0 saturated carbocycles. The Bertz CT molecular complexity index is 1100. The predicted molar refractivity (Wildman–Crippen MR) is 131 cm³/mol. The highest BCUT2D eigenvalue weighted by molar-refractivity contribution is 7.17. The van der Waals surface area contributed by atoms with E-state index < -0.39 is 0 Å². The van der Waals surface area contributed by atoms with Gasteiger partial charge in [0.2, 0.25) is 0 Å². The summed E-state index contributed by atoms with van der Waals surface area (Å²) in [6.07, 6.45) is 1.53. The van der Waals surface area contributed by atoms with E-state index >= 15 is 0 Å². The summed E-state index contributed by atoms with van der Waals surface area (Å²) in [6, 6.07) is 7.35. The maximum atomic E-state index is 12.9. The molecule has 3 heterocycles. The first-order valence-electron chi connectivity index (χ1n) is 10.7. The highest BCUT2D eigenvalue weighted by Gasteiger charge is 2.16. The Morgan fingerprint density at radius 2 is 2.09 bits per heavy atom. The van der Waals surface area contributed by atoms with E-state index in [2.05, 4.69) is 35.8 Å². The Labute approximate surface area is 201 Å². The van der Waals surface area contributed by atoms with E-state index in [0.29, 0.717) is 44.8 Å². The van der Waals surface area contributed by atoms with Crippen molar-refractivity contribution in [3.05, 3.63) is 51.9 Å². The SMILES string of the molecule is Cc1nc(Cl)cc(Nc2ncc(C(=O)Nc3c(C)cccc3OCCN3CCNCC3)s2)n1. The van der Waals surface area contributed by atoms with E-state index in [4.69, 9.17) is 16.3 Å². The number of thiazole rings is 1. The Morgan fingerprint density at radius 1 is 1.27 bits per heavy atom.